The van der Waals surface area contributed by atoms with Gasteiger partial charge in [-0.2, -0.15) is 0 Å². The number of hydrogen-bond acceptors (Lipinski definition) is 4. The molecule has 1 aliphatic rings. The molecule has 6 nitrogen and oxygen atoms in total. The third-order valence-electron chi connectivity index (χ3n) is 4.78. The summed E-state index contributed by atoms with van der Waals surface area (Å²) < 4.78 is 7.55. The first kappa shape index (κ1) is 15.8. The maximum atomic E-state index is 12.4. The predicted molar refractivity (Wildman–Crippen MR) is 86.1 cm³/mol. The molecule has 1 fully saturated rings. The minimum absolute atomic E-state index is 0.0276. The Morgan fingerprint density at radius 3 is 2.83 bits per heavy atom. The van der Waals surface area contributed by atoms with E-state index in [1.54, 1.807) is 0 Å². The zero-order valence-electron chi connectivity index (χ0n) is 14.0. The summed E-state index contributed by atoms with van der Waals surface area (Å²) in [6.45, 7) is 3.97. The molecular weight excluding hydrogens is 292 g/mol. The van der Waals surface area contributed by atoms with E-state index in [-0.39, 0.29) is 11.9 Å². The van der Waals surface area contributed by atoms with E-state index in [1.165, 1.54) is 0 Å². The molecule has 0 saturated heterocycles. The minimum atomic E-state index is 0.0276. The Morgan fingerprint density at radius 2 is 2.17 bits per heavy atom. The van der Waals surface area contributed by atoms with Crippen molar-refractivity contribution in [1.29, 1.82) is 0 Å². The Labute approximate surface area is 136 Å². The standard InChI is InChI=1S/C17H24N4O2/c1-4-15-19-20-16(23-15)10-12-5-6-13(9-12)18-17(22)14-7-8-21(3)11(14)2/h7-8,12-13H,4-6,9-10H2,1-3H3,(H,18,22)/t12-,13+/m1/s1. The fourth-order valence-corrected chi connectivity index (χ4v) is 3.26. The van der Waals surface area contributed by atoms with Crippen molar-refractivity contribution in [2.45, 2.75) is 52.0 Å². The molecule has 124 valence electrons. The molecule has 0 radical (unpaired) electrons. The maximum Gasteiger partial charge on any atom is 0.253 e. The molecule has 0 bridgehead atoms. The second kappa shape index (κ2) is 6.56. The summed E-state index contributed by atoms with van der Waals surface area (Å²) >= 11 is 0. The van der Waals surface area contributed by atoms with E-state index in [1.807, 2.05) is 37.7 Å². The highest BCUT2D eigenvalue weighted by Gasteiger charge is 2.28. The summed E-state index contributed by atoms with van der Waals surface area (Å²) in [6, 6.07) is 2.11. The Bertz CT molecular complexity index is 689. The van der Waals surface area contributed by atoms with Gasteiger partial charge in [0.05, 0.1) is 5.56 Å². The highest BCUT2D eigenvalue weighted by Crippen LogP contribution is 2.28. The van der Waals surface area contributed by atoms with Gasteiger partial charge < -0.3 is 14.3 Å². The second-order valence-corrected chi connectivity index (χ2v) is 6.42. The average Bonchev–Trinajstić information content (AvgIpc) is 3.23. The summed E-state index contributed by atoms with van der Waals surface area (Å²) in [5.41, 5.74) is 1.76. The van der Waals surface area contributed by atoms with E-state index >= 15 is 0 Å². The molecule has 2 aromatic heterocycles. The van der Waals surface area contributed by atoms with Crippen LogP contribution in [0.15, 0.2) is 16.7 Å². The Hall–Kier alpha value is -2.11. The van der Waals surface area contributed by atoms with Crippen molar-refractivity contribution in [3.8, 4) is 0 Å². The van der Waals surface area contributed by atoms with Gasteiger partial charge in [0.1, 0.15) is 0 Å². The van der Waals surface area contributed by atoms with Gasteiger partial charge >= 0.3 is 0 Å². The van der Waals surface area contributed by atoms with Crippen molar-refractivity contribution in [3.63, 3.8) is 0 Å². The van der Waals surface area contributed by atoms with Crippen LogP contribution in [0.2, 0.25) is 0 Å². The lowest BCUT2D eigenvalue weighted by atomic mass is 10.0. The fraction of sp³-hybridized carbons (Fsp3) is 0.588. The van der Waals surface area contributed by atoms with Crippen LogP contribution in [0, 0.1) is 12.8 Å². The molecule has 6 heteroatoms. The van der Waals surface area contributed by atoms with E-state index in [4.69, 9.17) is 4.42 Å². The largest absolute Gasteiger partial charge is 0.425 e. The van der Waals surface area contributed by atoms with Gasteiger partial charge in [-0.05, 0) is 38.2 Å². The zero-order valence-corrected chi connectivity index (χ0v) is 14.0. The molecule has 2 heterocycles. The molecule has 0 spiro atoms. The van der Waals surface area contributed by atoms with Crippen molar-refractivity contribution < 1.29 is 9.21 Å². The van der Waals surface area contributed by atoms with E-state index in [0.717, 1.165) is 49.3 Å². The lowest BCUT2D eigenvalue weighted by Gasteiger charge is -2.13. The number of nitrogens with zero attached hydrogens (tertiary/aromatic N) is 3. The van der Waals surface area contributed by atoms with Crippen LogP contribution in [0.5, 0.6) is 0 Å². The number of hydrogen-bond donors (Lipinski definition) is 1. The van der Waals surface area contributed by atoms with Gasteiger partial charge in [-0.25, -0.2) is 0 Å². The lowest BCUT2D eigenvalue weighted by molar-refractivity contribution is 0.0936. The van der Waals surface area contributed by atoms with Crippen molar-refractivity contribution in [1.82, 2.24) is 20.1 Å². The summed E-state index contributed by atoms with van der Waals surface area (Å²) in [5.74, 6) is 1.95. The third kappa shape index (κ3) is 3.46. The summed E-state index contributed by atoms with van der Waals surface area (Å²) in [7, 11) is 1.95. The number of aromatic nitrogens is 3. The van der Waals surface area contributed by atoms with Crippen molar-refractivity contribution >= 4 is 5.91 Å². The molecule has 1 saturated carbocycles. The van der Waals surface area contributed by atoms with Crippen LogP contribution in [0.25, 0.3) is 0 Å². The first-order valence-corrected chi connectivity index (χ1v) is 8.30. The summed E-state index contributed by atoms with van der Waals surface area (Å²) in [6.07, 6.45) is 6.57. The number of aryl methyl sites for hydroxylation is 2. The number of carbonyl (C=O) groups is 1. The van der Waals surface area contributed by atoms with Gasteiger partial charge in [0, 0.05) is 37.8 Å². The molecule has 0 aliphatic heterocycles. The quantitative estimate of drug-likeness (QED) is 0.919. The van der Waals surface area contributed by atoms with E-state index in [2.05, 4.69) is 15.5 Å². The third-order valence-corrected chi connectivity index (χ3v) is 4.78. The monoisotopic (exact) mass is 316 g/mol. The van der Waals surface area contributed by atoms with Gasteiger partial charge in [0.15, 0.2) is 0 Å². The molecule has 1 N–H and O–H groups in total. The van der Waals surface area contributed by atoms with Crippen LogP contribution in [-0.4, -0.2) is 26.7 Å². The van der Waals surface area contributed by atoms with Crippen molar-refractivity contribution in [2.75, 3.05) is 0 Å². The van der Waals surface area contributed by atoms with Crippen LogP contribution in [0.1, 0.15) is 54.0 Å². The first-order valence-electron chi connectivity index (χ1n) is 8.30. The second-order valence-electron chi connectivity index (χ2n) is 6.42. The molecule has 1 amide bonds. The molecule has 23 heavy (non-hydrogen) atoms. The molecule has 1 aliphatic carbocycles. The lowest BCUT2D eigenvalue weighted by Crippen LogP contribution is -2.33. The molecule has 2 aromatic rings. The molecule has 0 aromatic carbocycles. The van der Waals surface area contributed by atoms with E-state index in [0.29, 0.717) is 11.8 Å². The van der Waals surface area contributed by atoms with Crippen molar-refractivity contribution in [2.24, 2.45) is 13.0 Å². The van der Waals surface area contributed by atoms with Crippen LogP contribution in [0.3, 0.4) is 0 Å². The van der Waals surface area contributed by atoms with Crippen LogP contribution in [-0.2, 0) is 19.9 Å². The van der Waals surface area contributed by atoms with E-state index in [9.17, 15) is 4.79 Å². The minimum Gasteiger partial charge on any atom is -0.425 e. The van der Waals surface area contributed by atoms with Gasteiger partial charge in [-0.3, -0.25) is 4.79 Å². The Morgan fingerprint density at radius 1 is 1.39 bits per heavy atom. The van der Waals surface area contributed by atoms with E-state index < -0.39 is 0 Å². The SMILES string of the molecule is CCc1nnc(C[C@@H]2CC[C@H](NC(=O)c3ccn(C)c3C)C2)o1. The predicted octanol–water partition coefficient (Wildman–Crippen LogP) is 2.42. The topological polar surface area (TPSA) is 73.0 Å². The molecule has 2 atom stereocenters. The van der Waals surface area contributed by atoms with Crippen LogP contribution < -0.4 is 5.32 Å². The molecule has 0 unspecified atom stereocenters. The van der Waals surface area contributed by atoms with Crippen LogP contribution >= 0.6 is 0 Å². The van der Waals surface area contributed by atoms with Gasteiger partial charge in [-0.15, -0.1) is 10.2 Å². The summed E-state index contributed by atoms with van der Waals surface area (Å²) in [5, 5.41) is 11.3. The number of nitrogens with one attached hydrogen (secondary N) is 1. The molecular formula is C17H24N4O2. The Kier molecular flexibility index (Phi) is 4.50. The number of rotatable bonds is 5. The Balaban J connectivity index is 1.53. The first-order chi connectivity index (χ1) is 11.1. The highest BCUT2D eigenvalue weighted by molar-refractivity contribution is 5.95. The normalized spacial score (nSPS) is 20.8. The number of carbonyl (C=O) groups excluding carboxylic acids is 1. The van der Waals surface area contributed by atoms with Gasteiger partial charge in [-0.1, -0.05) is 6.92 Å². The van der Waals surface area contributed by atoms with Gasteiger partial charge in [0.25, 0.3) is 5.91 Å². The zero-order chi connectivity index (χ0) is 16.4. The fourth-order valence-electron chi connectivity index (χ4n) is 3.26. The van der Waals surface area contributed by atoms with Crippen LogP contribution in [0.4, 0.5) is 0 Å². The average molecular weight is 316 g/mol. The smallest absolute Gasteiger partial charge is 0.253 e. The highest BCUT2D eigenvalue weighted by atomic mass is 16.4. The molecule has 3 rings (SSSR count). The number of amides is 1. The van der Waals surface area contributed by atoms with Crippen molar-refractivity contribution in [3.05, 3.63) is 35.3 Å². The summed E-state index contributed by atoms with van der Waals surface area (Å²) in [4.78, 5) is 12.4. The maximum absolute atomic E-state index is 12.4. The van der Waals surface area contributed by atoms with Gasteiger partial charge in [0.2, 0.25) is 11.8 Å².